The van der Waals surface area contributed by atoms with Crippen LogP contribution in [0.4, 0.5) is 0 Å². The molecule has 0 aliphatic heterocycles. The molecule has 0 aromatic rings. The third-order valence-corrected chi connectivity index (χ3v) is 4.81. The largest absolute Gasteiger partial charge is 0.311 e. The van der Waals surface area contributed by atoms with Crippen LogP contribution in [-0.2, 0) is 0 Å². The molecule has 0 amide bonds. The van der Waals surface area contributed by atoms with Crippen LogP contribution < -0.4 is 5.32 Å². The molecule has 21 heavy (non-hydrogen) atoms. The SMILES string of the molecule is CCN(CC(C)C)CC1(CNC(C)(C)C)CCCC(C)C1. The second-order valence-corrected chi connectivity index (χ2v) is 9.03. The summed E-state index contributed by atoms with van der Waals surface area (Å²) in [4.78, 5) is 2.69. The Morgan fingerprint density at radius 1 is 1.29 bits per heavy atom. The predicted octanol–water partition coefficient (Wildman–Crippen LogP) is 4.55. The van der Waals surface area contributed by atoms with Crippen molar-refractivity contribution in [2.45, 2.75) is 79.7 Å². The van der Waals surface area contributed by atoms with E-state index in [-0.39, 0.29) is 5.54 Å². The topological polar surface area (TPSA) is 15.3 Å². The van der Waals surface area contributed by atoms with E-state index in [0.29, 0.717) is 5.41 Å². The lowest BCUT2D eigenvalue weighted by Gasteiger charge is -2.45. The van der Waals surface area contributed by atoms with E-state index in [9.17, 15) is 0 Å². The Kier molecular flexibility index (Phi) is 7.19. The number of rotatable bonds is 7. The van der Waals surface area contributed by atoms with Gasteiger partial charge in [-0.15, -0.1) is 0 Å². The molecular weight excluding hydrogens is 256 g/mol. The summed E-state index contributed by atoms with van der Waals surface area (Å²) in [6.45, 7) is 21.2. The van der Waals surface area contributed by atoms with Gasteiger partial charge in [-0.05, 0) is 57.4 Å². The van der Waals surface area contributed by atoms with Crippen molar-refractivity contribution in [1.82, 2.24) is 10.2 Å². The monoisotopic (exact) mass is 296 g/mol. The van der Waals surface area contributed by atoms with Crippen LogP contribution in [0.1, 0.15) is 74.1 Å². The molecule has 1 aliphatic rings. The fourth-order valence-electron chi connectivity index (χ4n) is 3.88. The van der Waals surface area contributed by atoms with Crippen molar-refractivity contribution < 1.29 is 0 Å². The van der Waals surface area contributed by atoms with E-state index >= 15 is 0 Å². The smallest absolute Gasteiger partial charge is 0.00967 e. The molecule has 2 heteroatoms. The van der Waals surface area contributed by atoms with Crippen LogP contribution in [-0.4, -0.2) is 36.6 Å². The van der Waals surface area contributed by atoms with Crippen molar-refractivity contribution in [3.05, 3.63) is 0 Å². The van der Waals surface area contributed by atoms with Crippen molar-refractivity contribution in [3.63, 3.8) is 0 Å². The van der Waals surface area contributed by atoms with Gasteiger partial charge in [-0.25, -0.2) is 0 Å². The molecule has 0 saturated heterocycles. The van der Waals surface area contributed by atoms with Gasteiger partial charge in [0.25, 0.3) is 0 Å². The van der Waals surface area contributed by atoms with Crippen LogP contribution >= 0.6 is 0 Å². The third-order valence-electron chi connectivity index (χ3n) is 4.81. The highest BCUT2D eigenvalue weighted by molar-refractivity contribution is 4.91. The summed E-state index contributed by atoms with van der Waals surface area (Å²) in [5.41, 5.74) is 0.707. The molecule has 2 nitrogen and oxygen atoms in total. The summed E-state index contributed by atoms with van der Waals surface area (Å²) in [6, 6.07) is 0. The standard InChI is InChI=1S/C19H40N2/c1-8-21(13-16(2)3)15-19(14-20-18(5,6)7)11-9-10-17(4)12-19/h16-17,20H,8-15H2,1-7H3. The molecule has 2 unspecified atom stereocenters. The zero-order valence-corrected chi connectivity index (χ0v) is 15.8. The van der Waals surface area contributed by atoms with E-state index < -0.39 is 0 Å². The molecule has 0 aromatic heterocycles. The molecule has 1 rings (SSSR count). The number of nitrogens with one attached hydrogen (secondary N) is 1. The summed E-state index contributed by atoms with van der Waals surface area (Å²) in [6.07, 6.45) is 5.62. The van der Waals surface area contributed by atoms with Gasteiger partial charge in [-0.2, -0.15) is 0 Å². The van der Waals surface area contributed by atoms with Gasteiger partial charge in [-0.3, -0.25) is 0 Å². The van der Waals surface area contributed by atoms with E-state index in [1.807, 2.05) is 0 Å². The Hall–Kier alpha value is -0.0800. The Morgan fingerprint density at radius 2 is 1.95 bits per heavy atom. The van der Waals surface area contributed by atoms with Crippen molar-refractivity contribution in [1.29, 1.82) is 0 Å². The van der Waals surface area contributed by atoms with Gasteiger partial charge in [0.15, 0.2) is 0 Å². The fraction of sp³-hybridized carbons (Fsp3) is 1.00. The maximum atomic E-state index is 3.81. The molecule has 126 valence electrons. The fourth-order valence-corrected chi connectivity index (χ4v) is 3.88. The molecule has 1 aliphatic carbocycles. The first kappa shape index (κ1) is 19.0. The Labute approximate surface area is 134 Å². The van der Waals surface area contributed by atoms with Gasteiger partial charge < -0.3 is 10.2 Å². The van der Waals surface area contributed by atoms with Crippen molar-refractivity contribution in [3.8, 4) is 0 Å². The van der Waals surface area contributed by atoms with E-state index in [1.54, 1.807) is 0 Å². The number of nitrogens with zero attached hydrogens (tertiary/aromatic N) is 1. The van der Waals surface area contributed by atoms with Crippen LogP contribution in [0.5, 0.6) is 0 Å². The highest BCUT2D eigenvalue weighted by atomic mass is 15.1. The summed E-state index contributed by atoms with van der Waals surface area (Å²) in [5, 5.41) is 3.81. The van der Waals surface area contributed by atoms with E-state index in [0.717, 1.165) is 11.8 Å². The molecule has 1 fully saturated rings. The average molecular weight is 297 g/mol. The summed E-state index contributed by atoms with van der Waals surface area (Å²) in [7, 11) is 0. The van der Waals surface area contributed by atoms with Gasteiger partial charge >= 0.3 is 0 Å². The molecule has 1 N–H and O–H groups in total. The van der Waals surface area contributed by atoms with E-state index in [2.05, 4.69) is 58.7 Å². The molecule has 0 aromatic carbocycles. The minimum absolute atomic E-state index is 0.225. The van der Waals surface area contributed by atoms with Crippen molar-refractivity contribution >= 4 is 0 Å². The van der Waals surface area contributed by atoms with Crippen LogP contribution in [0.15, 0.2) is 0 Å². The van der Waals surface area contributed by atoms with Crippen LogP contribution in [0.2, 0.25) is 0 Å². The quantitative estimate of drug-likeness (QED) is 0.741. The van der Waals surface area contributed by atoms with E-state index in [4.69, 9.17) is 0 Å². The predicted molar refractivity (Wildman–Crippen MR) is 94.8 cm³/mol. The molecule has 0 heterocycles. The minimum atomic E-state index is 0.225. The highest BCUT2D eigenvalue weighted by Crippen LogP contribution is 2.40. The Morgan fingerprint density at radius 3 is 2.43 bits per heavy atom. The lowest BCUT2D eigenvalue weighted by Crippen LogP contribution is -2.51. The molecular formula is C19H40N2. The first-order chi connectivity index (χ1) is 9.66. The van der Waals surface area contributed by atoms with Gasteiger partial charge in [0.2, 0.25) is 0 Å². The first-order valence-electron chi connectivity index (χ1n) is 9.13. The van der Waals surface area contributed by atoms with Gasteiger partial charge in [0, 0.05) is 25.2 Å². The molecule has 0 bridgehead atoms. The lowest BCUT2D eigenvalue weighted by atomic mass is 9.69. The number of hydrogen-bond acceptors (Lipinski definition) is 2. The van der Waals surface area contributed by atoms with Crippen LogP contribution in [0, 0.1) is 17.3 Å². The molecule has 1 saturated carbocycles. The second-order valence-electron chi connectivity index (χ2n) is 9.03. The van der Waals surface area contributed by atoms with Gasteiger partial charge in [-0.1, -0.05) is 40.5 Å². The molecule has 0 radical (unpaired) electrons. The van der Waals surface area contributed by atoms with Crippen molar-refractivity contribution in [2.75, 3.05) is 26.2 Å². The summed E-state index contributed by atoms with van der Waals surface area (Å²) in [5.74, 6) is 1.65. The normalized spacial score (nSPS) is 27.6. The molecule has 0 spiro atoms. The van der Waals surface area contributed by atoms with Crippen molar-refractivity contribution in [2.24, 2.45) is 17.3 Å². The summed E-state index contributed by atoms with van der Waals surface area (Å²) >= 11 is 0. The minimum Gasteiger partial charge on any atom is -0.311 e. The van der Waals surface area contributed by atoms with Crippen LogP contribution in [0.25, 0.3) is 0 Å². The Bertz CT molecular complexity index is 292. The maximum Gasteiger partial charge on any atom is 0.00967 e. The second kappa shape index (κ2) is 7.97. The summed E-state index contributed by atoms with van der Waals surface area (Å²) < 4.78 is 0. The van der Waals surface area contributed by atoms with Gasteiger partial charge in [0.1, 0.15) is 0 Å². The third kappa shape index (κ3) is 7.15. The zero-order chi connectivity index (χ0) is 16.1. The maximum absolute atomic E-state index is 3.81. The lowest BCUT2D eigenvalue weighted by molar-refractivity contribution is 0.0707. The highest BCUT2D eigenvalue weighted by Gasteiger charge is 2.36. The Balaban J connectivity index is 2.75. The van der Waals surface area contributed by atoms with Gasteiger partial charge in [0.05, 0.1) is 0 Å². The first-order valence-corrected chi connectivity index (χ1v) is 9.13. The number of hydrogen-bond donors (Lipinski definition) is 1. The van der Waals surface area contributed by atoms with Crippen LogP contribution in [0.3, 0.4) is 0 Å². The molecule has 2 atom stereocenters. The van der Waals surface area contributed by atoms with E-state index in [1.165, 1.54) is 51.9 Å². The average Bonchev–Trinajstić information content (AvgIpc) is 2.34. The zero-order valence-electron chi connectivity index (χ0n) is 15.8.